The third-order valence-electron chi connectivity index (χ3n) is 4.74. The smallest absolute Gasteiger partial charge is 0.120 e. The summed E-state index contributed by atoms with van der Waals surface area (Å²) in [5.41, 5.74) is 3.89. The maximum absolute atomic E-state index is 11.2. The Labute approximate surface area is 122 Å². The average molecular weight is 268 g/mol. The lowest BCUT2D eigenvalue weighted by molar-refractivity contribution is -0.109. The Morgan fingerprint density at radius 2 is 2.10 bits per heavy atom. The van der Waals surface area contributed by atoms with Crippen LogP contribution in [0.2, 0.25) is 0 Å². The summed E-state index contributed by atoms with van der Waals surface area (Å²) in [5.74, 6) is 0.502. The van der Waals surface area contributed by atoms with Crippen molar-refractivity contribution in [1.29, 1.82) is 0 Å². The highest BCUT2D eigenvalue weighted by Crippen LogP contribution is 2.46. The first-order valence-corrected chi connectivity index (χ1v) is 7.37. The Hall–Kier alpha value is -1.63. The molecule has 0 radical (unpaired) electrons. The van der Waals surface area contributed by atoms with Crippen LogP contribution >= 0.6 is 0 Å². The summed E-state index contributed by atoms with van der Waals surface area (Å²) < 4.78 is 0. The summed E-state index contributed by atoms with van der Waals surface area (Å²) in [6, 6.07) is 10.5. The van der Waals surface area contributed by atoms with Gasteiger partial charge in [-0.1, -0.05) is 54.1 Å². The molecule has 1 aliphatic carbocycles. The van der Waals surface area contributed by atoms with Crippen LogP contribution < -0.4 is 0 Å². The van der Waals surface area contributed by atoms with Crippen LogP contribution in [0.3, 0.4) is 0 Å². The van der Waals surface area contributed by atoms with Crippen LogP contribution in [0.15, 0.2) is 54.1 Å². The van der Waals surface area contributed by atoms with Crippen LogP contribution in [0.5, 0.6) is 0 Å². The van der Waals surface area contributed by atoms with Gasteiger partial charge >= 0.3 is 0 Å². The van der Waals surface area contributed by atoms with Gasteiger partial charge in [-0.25, -0.2) is 0 Å². The molecule has 0 bridgehead atoms. The molecule has 2 rings (SSSR count). The fraction of sp³-hybridized carbons (Fsp3) is 0.421. The van der Waals surface area contributed by atoms with E-state index >= 15 is 0 Å². The van der Waals surface area contributed by atoms with Crippen molar-refractivity contribution in [3.63, 3.8) is 0 Å². The second-order valence-electron chi connectivity index (χ2n) is 6.18. The molecule has 2 atom stereocenters. The van der Waals surface area contributed by atoms with Gasteiger partial charge in [0.1, 0.15) is 6.29 Å². The Balaban J connectivity index is 2.32. The fourth-order valence-corrected chi connectivity index (χ4v) is 3.30. The zero-order valence-corrected chi connectivity index (χ0v) is 12.6. The van der Waals surface area contributed by atoms with E-state index < -0.39 is 0 Å². The quantitative estimate of drug-likeness (QED) is 0.557. The second-order valence-corrected chi connectivity index (χ2v) is 6.18. The highest BCUT2D eigenvalue weighted by molar-refractivity contribution is 5.53. The third kappa shape index (κ3) is 3.09. The van der Waals surface area contributed by atoms with Gasteiger partial charge in [-0.05, 0) is 44.6 Å². The van der Waals surface area contributed by atoms with Gasteiger partial charge in [0.15, 0.2) is 0 Å². The monoisotopic (exact) mass is 268 g/mol. The summed E-state index contributed by atoms with van der Waals surface area (Å²) in [5, 5.41) is 0. The van der Waals surface area contributed by atoms with Crippen LogP contribution in [0, 0.1) is 11.3 Å². The predicted octanol–water partition coefficient (Wildman–Crippen LogP) is 4.74. The number of hydrogen-bond acceptors (Lipinski definition) is 1. The first-order valence-electron chi connectivity index (χ1n) is 7.37. The normalized spacial score (nSPS) is 25.9. The summed E-state index contributed by atoms with van der Waals surface area (Å²) in [4.78, 5) is 11.2. The van der Waals surface area contributed by atoms with Gasteiger partial charge in [-0.2, -0.15) is 0 Å². The van der Waals surface area contributed by atoms with Crippen LogP contribution in [0.1, 0.15) is 38.7 Å². The highest BCUT2D eigenvalue weighted by atomic mass is 16.1. The molecule has 0 unspecified atom stereocenters. The largest absolute Gasteiger partial charge is 0.303 e. The maximum Gasteiger partial charge on any atom is 0.120 e. The van der Waals surface area contributed by atoms with Gasteiger partial charge in [0.25, 0.3) is 0 Å². The average Bonchev–Trinajstić information content (AvgIpc) is 2.43. The van der Waals surface area contributed by atoms with Crippen molar-refractivity contribution < 1.29 is 4.79 Å². The zero-order valence-electron chi connectivity index (χ0n) is 12.6. The van der Waals surface area contributed by atoms with Crippen molar-refractivity contribution in [3.05, 3.63) is 59.7 Å². The minimum Gasteiger partial charge on any atom is -0.303 e. The highest BCUT2D eigenvalue weighted by Gasteiger charge is 2.37. The number of carbonyl (C=O) groups excluding carboxylic acids is 1. The molecule has 20 heavy (non-hydrogen) atoms. The van der Waals surface area contributed by atoms with Crippen molar-refractivity contribution in [2.24, 2.45) is 11.3 Å². The van der Waals surface area contributed by atoms with Gasteiger partial charge in [0.05, 0.1) is 0 Å². The molecule has 1 aromatic rings. The van der Waals surface area contributed by atoms with Gasteiger partial charge in [0, 0.05) is 11.8 Å². The molecular formula is C19H24O. The first-order chi connectivity index (χ1) is 9.57. The van der Waals surface area contributed by atoms with Gasteiger partial charge < -0.3 is 4.79 Å². The molecule has 1 nitrogen and oxygen atoms in total. The number of hydrogen-bond donors (Lipinski definition) is 0. The van der Waals surface area contributed by atoms with Gasteiger partial charge in [-0.3, -0.25) is 0 Å². The van der Waals surface area contributed by atoms with Gasteiger partial charge in [-0.15, -0.1) is 0 Å². The molecule has 0 N–H and O–H groups in total. The molecular weight excluding hydrogens is 244 g/mol. The fourth-order valence-electron chi connectivity index (χ4n) is 3.30. The molecule has 106 valence electrons. The van der Waals surface area contributed by atoms with Crippen LogP contribution in [0.4, 0.5) is 0 Å². The predicted molar refractivity (Wildman–Crippen MR) is 84.6 cm³/mol. The number of carbonyl (C=O) groups is 1. The molecule has 0 saturated heterocycles. The number of aldehydes is 1. The molecule has 1 aromatic carbocycles. The van der Waals surface area contributed by atoms with Crippen molar-refractivity contribution in [2.45, 2.75) is 39.5 Å². The molecule has 0 aliphatic heterocycles. The Morgan fingerprint density at radius 3 is 2.70 bits per heavy atom. The van der Waals surface area contributed by atoms with Crippen molar-refractivity contribution in [3.8, 4) is 0 Å². The Morgan fingerprint density at radius 1 is 1.40 bits per heavy atom. The van der Waals surface area contributed by atoms with Gasteiger partial charge in [0.2, 0.25) is 0 Å². The van der Waals surface area contributed by atoms with E-state index in [2.05, 4.69) is 50.8 Å². The standard InChI is InChI=1S/C19H24O/c1-15(2)18-10-9-16(3)19(14-18,11-12-20)13-17-7-5-4-6-8-17/h4-9,12,18H,1,10-11,13-14H2,2-3H3/t18-,19+/m1/s1. The summed E-state index contributed by atoms with van der Waals surface area (Å²) in [6.45, 7) is 8.41. The zero-order chi connectivity index (χ0) is 14.6. The summed E-state index contributed by atoms with van der Waals surface area (Å²) >= 11 is 0. The topological polar surface area (TPSA) is 17.1 Å². The number of allylic oxidation sites excluding steroid dienone is 3. The molecule has 0 fully saturated rings. The first kappa shape index (κ1) is 14.8. The summed E-state index contributed by atoms with van der Waals surface area (Å²) in [7, 11) is 0. The van der Waals surface area contributed by atoms with Crippen molar-refractivity contribution >= 4 is 6.29 Å². The summed E-state index contributed by atoms with van der Waals surface area (Å²) in [6.07, 6.45) is 7.05. The minimum atomic E-state index is -0.0228. The Kier molecular flexibility index (Phi) is 4.59. The second kappa shape index (κ2) is 6.21. The molecule has 0 heterocycles. The third-order valence-corrected chi connectivity index (χ3v) is 4.74. The molecule has 1 aliphatic rings. The van der Waals surface area contributed by atoms with Crippen LogP contribution in [-0.2, 0) is 11.2 Å². The SMILES string of the molecule is C=C(C)[C@@H]1CC=C(C)[C@@](CC=O)(Cc2ccccc2)C1. The lowest BCUT2D eigenvalue weighted by Gasteiger charge is -2.40. The van der Waals surface area contributed by atoms with E-state index in [1.54, 1.807) is 0 Å². The number of benzene rings is 1. The molecule has 0 saturated carbocycles. The number of rotatable bonds is 5. The molecule has 0 amide bonds. The van der Waals surface area contributed by atoms with E-state index in [9.17, 15) is 4.79 Å². The molecule has 0 spiro atoms. The molecule has 0 aromatic heterocycles. The van der Waals surface area contributed by atoms with E-state index in [1.165, 1.54) is 16.7 Å². The van der Waals surface area contributed by atoms with Crippen LogP contribution in [-0.4, -0.2) is 6.29 Å². The lowest BCUT2D eigenvalue weighted by atomic mass is 9.63. The Bertz CT molecular complexity index is 512. The minimum absolute atomic E-state index is 0.0228. The van der Waals surface area contributed by atoms with E-state index in [0.29, 0.717) is 12.3 Å². The van der Waals surface area contributed by atoms with E-state index in [-0.39, 0.29) is 5.41 Å². The lowest BCUT2D eigenvalue weighted by Crippen LogP contribution is -2.32. The van der Waals surface area contributed by atoms with E-state index in [1.807, 2.05) is 6.07 Å². The maximum atomic E-state index is 11.2. The molecule has 1 heteroatoms. The van der Waals surface area contributed by atoms with Crippen molar-refractivity contribution in [1.82, 2.24) is 0 Å². The van der Waals surface area contributed by atoms with E-state index in [0.717, 1.165) is 25.5 Å². The van der Waals surface area contributed by atoms with E-state index in [4.69, 9.17) is 0 Å². The van der Waals surface area contributed by atoms with Crippen molar-refractivity contribution in [2.75, 3.05) is 0 Å². The van der Waals surface area contributed by atoms with Crippen LogP contribution in [0.25, 0.3) is 0 Å².